The predicted octanol–water partition coefficient (Wildman–Crippen LogP) is 3.22. The largest absolute Gasteiger partial charge is 0.493 e. The van der Waals surface area contributed by atoms with E-state index >= 15 is 0 Å². The molecule has 11 nitrogen and oxygen atoms in total. The molecule has 0 radical (unpaired) electrons. The summed E-state index contributed by atoms with van der Waals surface area (Å²) >= 11 is 0. The van der Waals surface area contributed by atoms with Gasteiger partial charge >= 0.3 is 6.03 Å². The van der Waals surface area contributed by atoms with E-state index in [4.69, 9.17) is 25.7 Å². The molecule has 5 amide bonds. The van der Waals surface area contributed by atoms with Crippen LogP contribution in [0.1, 0.15) is 82.6 Å². The van der Waals surface area contributed by atoms with E-state index < -0.39 is 29.8 Å². The molecular formula is C28H44N4O7. The second-order valence-electron chi connectivity index (χ2n) is 9.94. The van der Waals surface area contributed by atoms with Crippen molar-refractivity contribution in [1.82, 2.24) is 10.2 Å². The van der Waals surface area contributed by atoms with E-state index in [0.717, 1.165) is 44.9 Å². The van der Waals surface area contributed by atoms with Crippen LogP contribution in [0.5, 0.6) is 17.2 Å². The quantitative estimate of drug-likeness (QED) is 0.283. The van der Waals surface area contributed by atoms with Gasteiger partial charge in [0.2, 0.25) is 23.5 Å². The molecule has 0 aromatic heterocycles. The van der Waals surface area contributed by atoms with Gasteiger partial charge in [0.15, 0.2) is 11.5 Å². The van der Waals surface area contributed by atoms with E-state index in [-0.39, 0.29) is 31.2 Å². The topological polar surface area (TPSA) is 163 Å². The summed E-state index contributed by atoms with van der Waals surface area (Å²) in [4.78, 5) is 52.3. The van der Waals surface area contributed by atoms with Crippen molar-refractivity contribution < 1.29 is 33.4 Å². The summed E-state index contributed by atoms with van der Waals surface area (Å²) < 4.78 is 16.6. The minimum Gasteiger partial charge on any atom is -0.493 e. The number of methoxy groups -OCH3 is 3. The van der Waals surface area contributed by atoms with Crippen LogP contribution in [0.2, 0.25) is 0 Å². The number of primary amides is 2. The molecule has 0 aliphatic heterocycles. The summed E-state index contributed by atoms with van der Waals surface area (Å²) in [6.07, 6.45) is 6.86. The van der Waals surface area contributed by atoms with Crippen LogP contribution < -0.4 is 31.0 Å². The lowest BCUT2D eigenvalue weighted by atomic mass is 9.76. The highest BCUT2D eigenvalue weighted by Gasteiger charge is 2.38. The summed E-state index contributed by atoms with van der Waals surface area (Å²) in [7, 11) is 4.54. The molecule has 1 saturated carbocycles. The van der Waals surface area contributed by atoms with Gasteiger partial charge in [-0.2, -0.15) is 0 Å². The molecule has 1 aliphatic carbocycles. The zero-order valence-electron chi connectivity index (χ0n) is 23.6. The maximum Gasteiger partial charge on any atom is 0.324 e. The fourth-order valence-electron chi connectivity index (χ4n) is 5.16. The van der Waals surface area contributed by atoms with Gasteiger partial charge in [0, 0.05) is 13.0 Å². The number of ether oxygens (including phenoxy) is 3. The first kappa shape index (κ1) is 31.7. The number of benzene rings is 1. The minimum absolute atomic E-state index is 0.00247. The number of rotatable bonds is 15. The normalized spacial score (nSPS) is 15.1. The third-order valence-corrected chi connectivity index (χ3v) is 7.25. The van der Waals surface area contributed by atoms with E-state index in [0.29, 0.717) is 29.2 Å². The van der Waals surface area contributed by atoms with Crippen molar-refractivity contribution in [1.29, 1.82) is 0 Å². The molecular weight excluding hydrogens is 504 g/mol. The highest BCUT2D eigenvalue weighted by atomic mass is 16.5. The average molecular weight is 549 g/mol. The zero-order chi connectivity index (χ0) is 28.9. The van der Waals surface area contributed by atoms with Crippen molar-refractivity contribution in [2.24, 2.45) is 17.4 Å². The molecule has 11 heteroatoms. The Labute approximate surface area is 230 Å². The maximum atomic E-state index is 14.3. The zero-order valence-corrected chi connectivity index (χ0v) is 23.6. The van der Waals surface area contributed by atoms with Crippen molar-refractivity contribution >= 4 is 23.8 Å². The summed E-state index contributed by atoms with van der Waals surface area (Å²) in [6, 6.07) is 1.66. The number of hydrogen-bond donors (Lipinski definition) is 3. The first-order valence-electron chi connectivity index (χ1n) is 13.7. The molecule has 0 spiro atoms. The lowest BCUT2D eigenvalue weighted by Gasteiger charge is -2.34. The molecule has 2 rings (SSSR count). The number of unbranched alkanes of at least 4 members (excludes halogenated alkanes) is 2. The Hall–Kier alpha value is -3.50. The Morgan fingerprint density at radius 2 is 1.59 bits per heavy atom. The number of amides is 5. The van der Waals surface area contributed by atoms with E-state index in [1.807, 2.05) is 6.92 Å². The van der Waals surface area contributed by atoms with Crippen LogP contribution in [-0.4, -0.2) is 62.6 Å². The minimum atomic E-state index is -1.14. The van der Waals surface area contributed by atoms with Gasteiger partial charge < -0.3 is 31.0 Å². The van der Waals surface area contributed by atoms with Gasteiger partial charge in [0.1, 0.15) is 6.04 Å². The third-order valence-electron chi connectivity index (χ3n) is 7.25. The van der Waals surface area contributed by atoms with Crippen LogP contribution in [-0.2, 0) is 14.4 Å². The molecule has 5 N–H and O–H groups in total. The lowest BCUT2D eigenvalue weighted by Crippen LogP contribution is -2.53. The van der Waals surface area contributed by atoms with Crippen molar-refractivity contribution in [2.75, 3.05) is 27.9 Å². The highest BCUT2D eigenvalue weighted by Crippen LogP contribution is 2.44. The SMILES string of the molecule is CCCCCN(C(=O)N[C@@H](CCC(N)=O)C(N)=O)C(=O)C(c1cc(OC)c(OC)c(OC)c1)C1CCCCC1. The molecule has 0 saturated heterocycles. The Balaban J connectivity index is 2.52. The Bertz CT molecular complexity index is 969. The van der Waals surface area contributed by atoms with Gasteiger partial charge in [-0.25, -0.2) is 4.79 Å². The summed E-state index contributed by atoms with van der Waals surface area (Å²) in [6.45, 7) is 2.20. The molecule has 1 unspecified atom stereocenters. The third kappa shape index (κ3) is 8.76. The van der Waals surface area contributed by atoms with Gasteiger partial charge in [-0.3, -0.25) is 19.3 Å². The van der Waals surface area contributed by atoms with Crippen LogP contribution in [0.15, 0.2) is 12.1 Å². The molecule has 0 bridgehead atoms. The number of carbonyl (C=O) groups excluding carboxylic acids is 4. The molecule has 39 heavy (non-hydrogen) atoms. The van der Waals surface area contributed by atoms with Gasteiger partial charge in [-0.1, -0.05) is 39.0 Å². The number of carbonyl (C=O) groups is 4. The highest BCUT2D eigenvalue weighted by molar-refractivity contribution is 5.99. The van der Waals surface area contributed by atoms with Crippen LogP contribution in [0.25, 0.3) is 0 Å². The molecule has 1 aromatic carbocycles. The molecule has 1 aromatic rings. The number of urea groups is 1. The van der Waals surface area contributed by atoms with E-state index in [1.165, 1.54) is 26.2 Å². The van der Waals surface area contributed by atoms with E-state index in [2.05, 4.69) is 5.32 Å². The van der Waals surface area contributed by atoms with Crippen molar-refractivity contribution in [3.05, 3.63) is 17.7 Å². The number of nitrogens with two attached hydrogens (primary N) is 2. The number of nitrogens with zero attached hydrogens (tertiary/aromatic N) is 1. The molecule has 1 fully saturated rings. The predicted molar refractivity (Wildman–Crippen MR) is 147 cm³/mol. The van der Waals surface area contributed by atoms with Gasteiger partial charge in [0.25, 0.3) is 0 Å². The smallest absolute Gasteiger partial charge is 0.324 e. The summed E-state index contributed by atoms with van der Waals surface area (Å²) in [5, 5.41) is 2.57. The number of hydrogen-bond acceptors (Lipinski definition) is 7. The first-order chi connectivity index (χ1) is 18.7. The monoisotopic (exact) mass is 548 g/mol. The second kappa shape index (κ2) is 15.8. The number of imide groups is 1. The molecule has 0 heterocycles. The number of nitrogens with one attached hydrogen (secondary N) is 1. The Morgan fingerprint density at radius 1 is 0.974 bits per heavy atom. The van der Waals surface area contributed by atoms with Crippen LogP contribution >= 0.6 is 0 Å². The van der Waals surface area contributed by atoms with Gasteiger partial charge in [-0.15, -0.1) is 0 Å². The Morgan fingerprint density at radius 3 is 2.08 bits per heavy atom. The van der Waals surface area contributed by atoms with E-state index in [1.54, 1.807) is 12.1 Å². The summed E-state index contributed by atoms with van der Waals surface area (Å²) in [5.41, 5.74) is 11.4. The summed E-state index contributed by atoms with van der Waals surface area (Å²) in [5.74, 6) is -1.20. The van der Waals surface area contributed by atoms with Crippen LogP contribution in [0, 0.1) is 5.92 Å². The van der Waals surface area contributed by atoms with Crippen LogP contribution in [0.3, 0.4) is 0 Å². The standard InChI is InChI=1S/C28H44N4O7/c1-5-6-10-15-32(28(36)31-20(26(30)34)13-14-23(29)33)27(35)24(18-11-8-7-9-12-18)19-16-21(37-2)25(39-4)22(17-19)38-3/h16-18,20,24H,5-15H2,1-4H3,(H2,29,33)(H2,30,34)(H,31,36)/t20-,24?/m0/s1. The van der Waals surface area contributed by atoms with Gasteiger partial charge in [0.05, 0.1) is 27.2 Å². The molecule has 218 valence electrons. The first-order valence-corrected chi connectivity index (χ1v) is 13.7. The van der Waals surface area contributed by atoms with Crippen molar-refractivity contribution in [3.8, 4) is 17.2 Å². The fraction of sp³-hybridized carbons (Fsp3) is 0.643. The fourth-order valence-corrected chi connectivity index (χ4v) is 5.16. The second-order valence-corrected chi connectivity index (χ2v) is 9.94. The van der Waals surface area contributed by atoms with E-state index in [9.17, 15) is 19.2 Å². The maximum absolute atomic E-state index is 14.3. The van der Waals surface area contributed by atoms with Crippen LogP contribution in [0.4, 0.5) is 4.79 Å². The average Bonchev–Trinajstić information content (AvgIpc) is 2.92. The van der Waals surface area contributed by atoms with Gasteiger partial charge in [-0.05, 0) is 49.3 Å². The Kier molecular flexibility index (Phi) is 12.9. The lowest BCUT2D eigenvalue weighted by molar-refractivity contribution is -0.132. The van der Waals surface area contributed by atoms with Crippen molar-refractivity contribution in [2.45, 2.75) is 83.1 Å². The van der Waals surface area contributed by atoms with Crippen molar-refractivity contribution in [3.63, 3.8) is 0 Å². The molecule has 2 atom stereocenters. The molecule has 1 aliphatic rings.